The number of nitrogens with zero attached hydrogens (tertiary/aromatic N) is 1. The lowest BCUT2D eigenvalue weighted by Crippen LogP contribution is -1.89. The number of thiazole rings is 1. The second-order valence-corrected chi connectivity index (χ2v) is 6.12. The zero-order valence-corrected chi connectivity index (χ0v) is 12.2. The van der Waals surface area contributed by atoms with Gasteiger partial charge in [-0.15, -0.1) is 11.3 Å². The predicted octanol–water partition coefficient (Wildman–Crippen LogP) is 4.62. The highest BCUT2D eigenvalue weighted by Crippen LogP contribution is 2.35. The molecule has 2 N–H and O–H groups in total. The maximum Gasteiger partial charge on any atom is 0.126 e. The largest absolute Gasteiger partial charge is 0.398 e. The number of fused-ring (bicyclic) bond motifs is 1. The van der Waals surface area contributed by atoms with Crippen LogP contribution < -0.4 is 5.73 Å². The summed E-state index contributed by atoms with van der Waals surface area (Å²) in [5, 5.41) is 0.970. The minimum absolute atomic E-state index is 0.759. The number of nitrogen functional groups attached to an aromatic ring is 1. The fourth-order valence-electron chi connectivity index (χ4n) is 1.92. The van der Waals surface area contributed by atoms with E-state index >= 15 is 0 Å². The van der Waals surface area contributed by atoms with Gasteiger partial charge in [-0.05, 0) is 36.8 Å². The zero-order valence-electron chi connectivity index (χ0n) is 9.77. The van der Waals surface area contributed by atoms with Crippen molar-refractivity contribution in [2.45, 2.75) is 6.92 Å². The van der Waals surface area contributed by atoms with Crippen LogP contribution >= 0.6 is 27.3 Å². The zero-order chi connectivity index (χ0) is 12.7. The number of benzene rings is 2. The Hall–Kier alpha value is -1.39. The highest BCUT2D eigenvalue weighted by atomic mass is 79.9. The third kappa shape index (κ3) is 1.91. The van der Waals surface area contributed by atoms with Crippen LogP contribution in [0.15, 0.2) is 40.9 Å². The van der Waals surface area contributed by atoms with E-state index in [1.54, 1.807) is 11.3 Å². The Kier molecular flexibility index (Phi) is 2.84. The van der Waals surface area contributed by atoms with E-state index in [0.29, 0.717) is 0 Å². The number of hydrogen-bond acceptors (Lipinski definition) is 3. The summed E-state index contributed by atoms with van der Waals surface area (Å²) in [6, 6.07) is 12.1. The van der Waals surface area contributed by atoms with Gasteiger partial charge in [0.15, 0.2) is 0 Å². The van der Waals surface area contributed by atoms with Crippen molar-refractivity contribution in [3.8, 4) is 10.6 Å². The van der Waals surface area contributed by atoms with E-state index in [2.05, 4.69) is 41.1 Å². The van der Waals surface area contributed by atoms with E-state index in [0.717, 1.165) is 26.2 Å². The molecule has 18 heavy (non-hydrogen) atoms. The second-order valence-electron chi connectivity index (χ2n) is 4.17. The normalized spacial score (nSPS) is 11.0. The predicted molar refractivity (Wildman–Crippen MR) is 81.9 cm³/mol. The monoisotopic (exact) mass is 318 g/mol. The summed E-state index contributed by atoms with van der Waals surface area (Å²) >= 11 is 5.15. The molecule has 0 aliphatic rings. The number of aryl methyl sites for hydroxylation is 1. The van der Waals surface area contributed by atoms with Crippen molar-refractivity contribution >= 4 is 43.2 Å². The molecule has 0 saturated carbocycles. The minimum atomic E-state index is 0.759. The van der Waals surface area contributed by atoms with E-state index in [-0.39, 0.29) is 0 Å². The Balaban J connectivity index is 2.26. The van der Waals surface area contributed by atoms with Crippen LogP contribution in [0, 0.1) is 6.92 Å². The standard InChI is InChI=1S/C14H11BrN2S/c1-8-3-2-4-12-13(8)17-14(18-12)10-7-9(15)5-6-11(10)16/h2-7H,16H2,1H3. The molecule has 0 aliphatic carbocycles. The van der Waals surface area contributed by atoms with Gasteiger partial charge in [0.1, 0.15) is 5.01 Å². The Morgan fingerprint density at radius 3 is 2.83 bits per heavy atom. The summed E-state index contributed by atoms with van der Waals surface area (Å²) in [6.07, 6.45) is 0. The first-order chi connectivity index (χ1) is 8.65. The second kappa shape index (κ2) is 4.37. The number of aromatic nitrogens is 1. The fourth-order valence-corrected chi connectivity index (χ4v) is 3.36. The number of hydrogen-bond donors (Lipinski definition) is 1. The van der Waals surface area contributed by atoms with Crippen LogP contribution in [0.3, 0.4) is 0 Å². The van der Waals surface area contributed by atoms with Crippen molar-refractivity contribution in [3.05, 3.63) is 46.4 Å². The molecule has 0 unspecified atom stereocenters. The summed E-state index contributed by atoms with van der Waals surface area (Å²) in [5.41, 5.74) is 10.0. The molecule has 0 atom stereocenters. The van der Waals surface area contributed by atoms with Crippen LogP contribution in [0.25, 0.3) is 20.8 Å². The smallest absolute Gasteiger partial charge is 0.126 e. The SMILES string of the molecule is Cc1cccc2sc(-c3cc(Br)ccc3N)nc12. The van der Waals surface area contributed by atoms with Gasteiger partial charge in [0.05, 0.1) is 10.2 Å². The molecule has 0 aliphatic heterocycles. The fraction of sp³-hybridized carbons (Fsp3) is 0.0714. The summed E-state index contributed by atoms with van der Waals surface area (Å²) < 4.78 is 2.21. The van der Waals surface area contributed by atoms with Crippen LogP contribution in [0.1, 0.15) is 5.56 Å². The number of halogens is 1. The van der Waals surface area contributed by atoms with Crippen LogP contribution in [0.2, 0.25) is 0 Å². The quantitative estimate of drug-likeness (QED) is 0.665. The molecule has 0 spiro atoms. The molecule has 3 aromatic rings. The summed E-state index contributed by atoms with van der Waals surface area (Å²) in [6.45, 7) is 2.08. The average Bonchev–Trinajstić information content (AvgIpc) is 2.77. The minimum Gasteiger partial charge on any atom is -0.398 e. The van der Waals surface area contributed by atoms with Gasteiger partial charge in [-0.3, -0.25) is 0 Å². The van der Waals surface area contributed by atoms with Crippen LogP contribution in [-0.4, -0.2) is 4.98 Å². The van der Waals surface area contributed by atoms with Crippen molar-refractivity contribution in [2.24, 2.45) is 0 Å². The third-order valence-electron chi connectivity index (χ3n) is 2.87. The third-order valence-corrected chi connectivity index (χ3v) is 4.41. The van der Waals surface area contributed by atoms with E-state index in [1.165, 1.54) is 10.3 Å². The molecular formula is C14H11BrN2S. The molecule has 90 valence electrons. The maximum absolute atomic E-state index is 6.03. The Bertz CT molecular complexity index is 734. The Labute approximate surface area is 118 Å². The van der Waals surface area contributed by atoms with Crippen molar-refractivity contribution in [1.82, 2.24) is 4.98 Å². The van der Waals surface area contributed by atoms with Gasteiger partial charge in [0.2, 0.25) is 0 Å². The first-order valence-electron chi connectivity index (χ1n) is 5.57. The van der Waals surface area contributed by atoms with Crippen molar-refractivity contribution in [2.75, 3.05) is 5.73 Å². The number of rotatable bonds is 1. The number of para-hydroxylation sites is 1. The average molecular weight is 319 g/mol. The molecule has 1 heterocycles. The molecule has 0 saturated heterocycles. The van der Waals surface area contributed by atoms with Gasteiger partial charge in [0.25, 0.3) is 0 Å². The van der Waals surface area contributed by atoms with Crippen molar-refractivity contribution in [1.29, 1.82) is 0 Å². The van der Waals surface area contributed by atoms with Crippen LogP contribution in [0.4, 0.5) is 5.69 Å². The van der Waals surface area contributed by atoms with Crippen LogP contribution in [-0.2, 0) is 0 Å². The Morgan fingerprint density at radius 1 is 1.22 bits per heavy atom. The topological polar surface area (TPSA) is 38.9 Å². The molecule has 0 amide bonds. The number of nitrogens with two attached hydrogens (primary N) is 1. The van der Waals surface area contributed by atoms with E-state index in [9.17, 15) is 0 Å². The molecular weight excluding hydrogens is 308 g/mol. The molecule has 2 nitrogen and oxygen atoms in total. The van der Waals surface area contributed by atoms with E-state index < -0.39 is 0 Å². The first kappa shape index (κ1) is 11.7. The molecule has 4 heteroatoms. The van der Waals surface area contributed by atoms with Crippen LogP contribution in [0.5, 0.6) is 0 Å². The van der Waals surface area contributed by atoms with Gasteiger partial charge in [0, 0.05) is 15.7 Å². The molecule has 3 rings (SSSR count). The summed E-state index contributed by atoms with van der Waals surface area (Å²) in [7, 11) is 0. The lowest BCUT2D eigenvalue weighted by molar-refractivity contribution is 1.42. The highest BCUT2D eigenvalue weighted by Gasteiger charge is 2.10. The van der Waals surface area contributed by atoms with E-state index in [4.69, 9.17) is 10.7 Å². The Morgan fingerprint density at radius 2 is 2.06 bits per heavy atom. The number of anilines is 1. The molecule has 0 fully saturated rings. The van der Waals surface area contributed by atoms with Gasteiger partial charge in [-0.2, -0.15) is 0 Å². The first-order valence-corrected chi connectivity index (χ1v) is 7.17. The van der Waals surface area contributed by atoms with Gasteiger partial charge >= 0.3 is 0 Å². The van der Waals surface area contributed by atoms with E-state index in [1.807, 2.05) is 18.2 Å². The lowest BCUT2D eigenvalue weighted by Gasteiger charge is -2.02. The lowest BCUT2D eigenvalue weighted by atomic mass is 10.2. The highest BCUT2D eigenvalue weighted by molar-refractivity contribution is 9.10. The van der Waals surface area contributed by atoms with Gasteiger partial charge < -0.3 is 5.73 Å². The maximum atomic E-state index is 6.03. The molecule has 0 radical (unpaired) electrons. The molecule has 0 bridgehead atoms. The van der Waals surface area contributed by atoms with Crippen molar-refractivity contribution < 1.29 is 0 Å². The van der Waals surface area contributed by atoms with Gasteiger partial charge in [-0.25, -0.2) is 4.98 Å². The van der Waals surface area contributed by atoms with Gasteiger partial charge in [-0.1, -0.05) is 28.1 Å². The van der Waals surface area contributed by atoms with Crippen molar-refractivity contribution in [3.63, 3.8) is 0 Å². The molecule has 2 aromatic carbocycles. The summed E-state index contributed by atoms with van der Waals surface area (Å²) in [5.74, 6) is 0. The molecule has 1 aromatic heterocycles. The summed E-state index contributed by atoms with van der Waals surface area (Å²) in [4.78, 5) is 4.70.